The Hall–Kier alpha value is -2.99. The van der Waals surface area contributed by atoms with Crippen molar-refractivity contribution >= 4 is 11.9 Å². The Morgan fingerprint density at radius 1 is 1.00 bits per heavy atom. The quantitative estimate of drug-likeness (QED) is 0.727. The standard InChI is InChI=1S/C14H16N2.C4H4O4/c1-11(13-9-5-6-10-16-13)14(15)12-7-3-2-4-8-12;5-3(6)1-2-4(7)8/h2-11,14H,15H2,1H3;1-2H,(H,5,6)(H,7,8). The zero-order chi connectivity index (χ0) is 17.9. The highest BCUT2D eigenvalue weighted by molar-refractivity contribution is 5.89. The van der Waals surface area contributed by atoms with Gasteiger partial charge < -0.3 is 15.9 Å². The summed E-state index contributed by atoms with van der Waals surface area (Å²) in [5, 5.41) is 15.6. The van der Waals surface area contributed by atoms with Gasteiger partial charge in [-0.3, -0.25) is 4.98 Å². The largest absolute Gasteiger partial charge is 0.478 e. The number of nitrogens with two attached hydrogens (primary N) is 1. The van der Waals surface area contributed by atoms with Gasteiger partial charge in [-0.25, -0.2) is 9.59 Å². The molecule has 1 heterocycles. The predicted octanol–water partition coefficient (Wildman–Crippen LogP) is 2.60. The summed E-state index contributed by atoms with van der Waals surface area (Å²) in [5.41, 5.74) is 8.42. The molecule has 0 radical (unpaired) electrons. The molecule has 126 valence electrons. The van der Waals surface area contributed by atoms with E-state index in [-0.39, 0.29) is 12.0 Å². The average Bonchev–Trinajstić information content (AvgIpc) is 2.61. The van der Waals surface area contributed by atoms with Crippen LogP contribution in [0, 0.1) is 0 Å². The van der Waals surface area contributed by atoms with Crippen molar-refractivity contribution in [2.45, 2.75) is 18.9 Å². The van der Waals surface area contributed by atoms with Crippen LogP contribution in [0.2, 0.25) is 0 Å². The van der Waals surface area contributed by atoms with E-state index in [1.807, 2.05) is 42.6 Å². The molecule has 2 atom stereocenters. The van der Waals surface area contributed by atoms with Crippen LogP contribution in [-0.4, -0.2) is 27.1 Å². The third-order valence-corrected chi connectivity index (χ3v) is 3.25. The molecule has 0 amide bonds. The second kappa shape index (κ2) is 9.91. The highest BCUT2D eigenvalue weighted by Crippen LogP contribution is 2.26. The number of rotatable bonds is 5. The topological polar surface area (TPSA) is 114 Å². The fraction of sp³-hybridized carbons (Fsp3) is 0.167. The molecule has 1 aromatic carbocycles. The molecule has 24 heavy (non-hydrogen) atoms. The van der Waals surface area contributed by atoms with Crippen molar-refractivity contribution in [3.63, 3.8) is 0 Å². The minimum atomic E-state index is -1.26. The van der Waals surface area contributed by atoms with Crippen molar-refractivity contribution in [1.82, 2.24) is 4.98 Å². The van der Waals surface area contributed by atoms with E-state index >= 15 is 0 Å². The summed E-state index contributed by atoms with van der Waals surface area (Å²) in [6.45, 7) is 2.11. The lowest BCUT2D eigenvalue weighted by molar-refractivity contribution is -0.134. The van der Waals surface area contributed by atoms with Gasteiger partial charge >= 0.3 is 11.9 Å². The van der Waals surface area contributed by atoms with E-state index in [1.54, 1.807) is 0 Å². The van der Waals surface area contributed by atoms with Crippen LogP contribution in [0.3, 0.4) is 0 Å². The van der Waals surface area contributed by atoms with Crippen LogP contribution in [0.25, 0.3) is 0 Å². The number of benzene rings is 1. The first kappa shape index (κ1) is 19.1. The van der Waals surface area contributed by atoms with E-state index in [2.05, 4.69) is 24.0 Å². The maximum absolute atomic E-state index is 9.55. The molecule has 2 rings (SSSR count). The molecule has 0 bridgehead atoms. The van der Waals surface area contributed by atoms with Crippen LogP contribution in [-0.2, 0) is 9.59 Å². The lowest BCUT2D eigenvalue weighted by Gasteiger charge is -2.19. The van der Waals surface area contributed by atoms with Crippen LogP contribution in [0.4, 0.5) is 0 Å². The number of aliphatic carboxylic acids is 2. The molecule has 4 N–H and O–H groups in total. The van der Waals surface area contributed by atoms with Gasteiger partial charge in [-0.15, -0.1) is 0 Å². The normalized spacial score (nSPS) is 12.8. The molecule has 6 heteroatoms. The molecule has 0 aliphatic rings. The first-order valence-corrected chi connectivity index (χ1v) is 7.27. The molecule has 0 spiro atoms. The highest BCUT2D eigenvalue weighted by Gasteiger charge is 2.16. The minimum absolute atomic E-state index is 0.00361. The molecule has 2 unspecified atom stereocenters. The molecule has 0 saturated carbocycles. The Kier molecular flexibility index (Phi) is 7.87. The molecular weight excluding hydrogens is 308 g/mol. The lowest BCUT2D eigenvalue weighted by atomic mass is 9.92. The number of pyridine rings is 1. The summed E-state index contributed by atoms with van der Waals surface area (Å²) < 4.78 is 0. The number of hydrogen-bond donors (Lipinski definition) is 3. The third-order valence-electron chi connectivity index (χ3n) is 3.25. The summed E-state index contributed by atoms with van der Waals surface area (Å²) in [6.07, 6.45) is 2.92. The molecule has 0 aliphatic heterocycles. The van der Waals surface area contributed by atoms with Crippen LogP contribution in [0.1, 0.15) is 30.1 Å². The van der Waals surface area contributed by atoms with Crippen LogP contribution in [0.15, 0.2) is 66.9 Å². The number of aromatic nitrogens is 1. The zero-order valence-electron chi connectivity index (χ0n) is 13.2. The van der Waals surface area contributed by atoms with Gasteiger partial charge in [0.2, 0.25) is 0 Å². The van der Waals surface area contributed by atoms with Gasteiger partial charge in [-0.2, -0.15) is 0 Å². The van der Waals surface area contributed by atoms with E-state index in [9.17, 15) is 9.59 Å². The molecule has 6 nitrogen and oxygen atoms in total. The summed E-state index contributed by atoms with van der Waals surface area (Å²) in [6, 6.07) is 16.1. The zero-order valence-corrected chi connectivity index (χ0v) is 13.2. The molecule has 2 aromatic rings. The Labute approximate surface area is 140 Å². The summed E-state index contributed by atoms with van der Waals surface area (Å²) in [5.74, 6) is -2.29. The SMILES string of the molecule is CC(c1ccccn1)C(N)c1ccccc1.O=C(O)C=CC(=O)O. The Morgan fingerprint density at radius 2 is 1.54 bits per heavy atom. The van der Waals surface area contributed by atoms with Crippen molar-refractivity contribution in [2.24, 2.45) is 5.73 Å². The fourth-order valence-electron chi connectivity index (χ4n) is 1.94. The monoisotopic (exact) mass is 328 g/mol. The van der Waals surface area contributed by atoms with E-state index in [0.29, 0.717) is 12.2 Å². The maximum atomic E-state index is 9.55. The molecule has 0 aliphatic carbocycles. The summed E-state index contributed by atoms with van der Waals surface area (Å²) >= 11 is 0. The van der Waals surface area contributed by atoms with Crippen LogP contribution < -0.4 is 5.73 Å². The van der Waals surface area contributed by atoms with E-state index in [1.165, 1.54) is 0 Å². The Balaban J connectivity index is 0.000000307. The molecular formula is C18H20N2O4. The van der Waals surface area contributed by atoms with Gasteiger partial charge in [0.15, 0.2) is 0 Å². The number of carboxylic acid groups (broad SMARTS) is 2. The second-order valence-corrected chi connectivity index (χ2v) is 4.99. The number of hydrogen-bond acceptors (Lipinski definition) is 4. The average molecular weight is 328 g/mol. The van der Waals surface area contributed by atoms with E-state index < -0.39 is 11.9 Å². The third kappa shape index (κ3) is 6.85. The van der Waals surface area contributed by atoms with Gasteiger partial charge in [0.25, 0.3) is 0 Å². The van der Waals surface area contributed by atoms with Crippen molar-refractivity contribution < 1.29 is 19.8 Å². The van der Waals surface area contributed by atoms with Gasteiger partial charge in [0, 0.05) is 36.0 Å². The van der Waals surface area contributed by atoms with Crippen molar-refractivity contribution in [2.75, 3.05) is 0 Å². The van der Waals surface area contributed by atoms with Crippen molar-refractivity contribution in [3.8, 4) is 0 Å². The second-order valence-electron chi connectivity index (χ2n) is 4.99. The van der Waals surface area contributed by atoms with E-state index in [0.717, 1.165) is 11.3 Å². The van der Waals surface area contributed by atoms with Crippen molar-refractivity contribution in [3.05, 3.63) is 78.1 Å². The molecule has 0 saturated heterocycles. The van der Waals surface area contributed by atoms with E-state index in [4.69, 9.17) is 15.9 Å². The van der Waals surface area contributed by atoms with Gasteiger partial charge in [0.05, 0.1) is 0 Å². The maximum Gasteiger partial charge on any atom is 0.328 e. The van der Waals surface area contributed by atoms with Crippen LogP contribution in [0.5, 0.6) is 0 Å². The highest BCUT2D eigenvalue weighted by atomic mass is 16.4. The van der Waals surface area contributed by atoms with Gasteiger partial charge in [0.1, 0.15) is 0 Å². The summed E-state index contributed by atoms with van der Waals surface area (Å²) in [4.78, 5) is 23.5. The predicted molar refractivity (Wildman–Crippen MR) is 90.4 cm³/mol. The summed E-state index contributed by atoms with van der Waals surface area (Å²) in [7, 11) is 0. The first-order chi connectivity index (χ1) is 11.4. The first-order valence-electron chi connectivity index (χ1n) is 7.27. The molecule has 1 aromatic heterocycles. The smallest absolute Gasteiger partial charge is 0.328 e. The van der Waals surface area contributed by atoms with Crippen LogP contribution >= 0.6 is 0 Å². The Morgan fingerprint density at radius 3 is 2.00 bits per heavy atom. The van der Waals surface area contributed by atoms with Gasteiger partial charge in [-0.05, 0) is 17.7 Å². The minimum Gasteiger partial charge on any atom is -0.478 e. The molecule has 0 fully saturated rings. The Bertz CT molecular complexity index is 612. The lowest BCUT2D eigenvalue weighted by Crippen LogP contribution is -2.18. The number of carboxylic acids is 2. The van der Waals surface area contributed by atoms with Crippen molar-refractivity contribution in [1.29, 1.82) is 0 Å². The number of carbonyl (C=O) groups is 2. The van der Waals surface area contributed by atoms with Gasteiger partial charge in [-0.1, -0.05) is 43.3 Å². The fourth-order valence-corrected chi connectivity index (χ4v) is 1.94. The number of nitrogens with zero attached hydrogens (tertiary/aromatic N) is 1.